The summed E-state index contributed by atoms with van der Waals surface area (Å²) in [4.78, 5) is 0. The molecule has 2 nitrogen and oxygen atoms in total. The number of rotatable bonds is 1. The number of hydrogen-bond donors (Lipinski definition) is 0. The molecular weight excluding hydrogens is 200 g/mol. The average molecular weight is 218 g/mol. The smallest absolute Gasteiger partial charge is 0.160 e. The molecular formula is C14H18O2. The van der Waals surface area contributed by atoms with E-state index in [1.165, 1.54) is 11.1 Å². The number of fused-ring (bicyclic) bond motifs is 3. The molecule has 2 aliphatic rings. The third kappa shape index (κ3) is 1.57. The molecule has 1 aromatic rings. The van der Waals surface area contributed by atoms with Gasteiger partial charge in [-0.1, -0.05) is 38.1 Å². The Labute approximate surface area is 96.6 Å². The molecule has 1 heterocycles. The fraction of sp³-hybridized carbons (Fsp3) is 0.571. The van der Waals surface area contributed by atoms with Crippen LogP contribution < -0.4 is 0 Å². The van der Waals surface area contributed by atoms with Gasteiger partial charge in [-0.2, -0.15) is 0 Å². The van der Waals surface area contributed by atoms with Crippen molar-refractivity contribution in [3.05, 3.63) is 35.4 Å². The first-order chi connectivity index (χ1) is 7.75. The fourth-order valence-corrected chi connectivity index (χ4v) is 2.72. The van der Waals surface area contributed by atoms with Crippen LogP contribution in [0.25, 0.3) is 0 Å². The van der Waals surface area contributed by atoms with Gasteiger partial charge in [-0.25, -0.2) is 0 Å². The third-order valence-electron chi connectivity index (χ3n) is 3.57. The molecule has 0 amide bonds. The van der Waals surface area contributed by atoms with Crippen molar-refractivity contribution < 1.29 is 9.47 Å². The van der Waals surface area contributed by atoms with E-state index in [9.17, 15) is 0 Å². The van der Waals surface area contributed by atoms with Gasteiger partial charge in [0.1, 0.15) is 0 Å². The van der Waals surface area contributed by atoms with Gasteiger partial charge in [0.05, 0.1) is 12.7 Å². The Morgan fingerprint density at radius 1 is 1.25 bits per heavy atom. The minimum atomic E-state index is -0.0348. The van der Waals surface area contributed by atoms with E-state index >= 15 is 0 Å². The van der Waals surface area contributed by atoms with E-state index in [2.05, 4.69) is 38.1 Å². The van der Waals surface area contributed by atoms with Gasteiger partial charge >= 0.3 is 0 Å². The van der Waals surface area contributed by atoms with Gasteiger partial charge in [-0.05, 0) is 17.5 Å². The Kier molecular flexibility index (Phi) is 2.49. The first kappa shape index (κ1) is 10.3. The predicted molar refractivity (Wildman–Crippen MR) is 62.0 cm³/mol. The molecule has 0 bridgehead atoms. The minimum absolute atomic E-state index is 0.0348. The highest BCUT2D eigenvalue weighted by Gasteiger charge is 2.39. The summed E-state index contributed by atoms with van der Waals surface area (Å²) in [6.45, 7) is 5.12. The summed E-state index contributed by atoms with van der Waals surface area (Å²) in [5.74, 6) is 0.945. The summed E-state index contributed by atoms with van der Waals surface area (Å²) in [7, 11) is 0. The maximum Gasteiger partial charge on any atom is 0.160 e. The molecule has 0 saturated carbocycles. The largest absolute Gasteiger partial charge is 0.352 e. The second-order valence-electron chi connectivity index (χ2n) is 5.17. The minimum Gasteiger partial charge on any atom is -0.352 e. The van der Waals surface area contributed by atoms with Crippen LogP contribution in [0.4, 0.5) is 0 Å². The van der Waals surface area contributed by atoms with Crippen molar-refractivity contribution in [3.8, 4) is 0 Å². The summed E-state index contributed by atoms with van der Waals surface area (Å²) in [5, 5.41) is 0. The molecule has 1 aliphatic heterocycles. The Morgan fingerprint density at radius 2 is 2.06 bits per heavy atom. The summed E-state index contributed by atoms with van der Waals surface area (Å²) in [5.41, 5.74) is 2.81. The van der Waals surface area contributed by atoms with Crippen LogP contribution in [0.5, 0.6) is 0 Å². The summed E-state index contributed by atoms with van der Waals surface area (Å²) in [6.07, 6.45) is 1.33. The lowest BCUT2D eigenvalue weighted by Gasteiger charge is -2.35. The van der Waals surface area contributed by atoms with Crippen LogP contribution in [0.3, 0.4) is 0 Å². The van der Waals surface area contributed by atoms with Gasteiger partial charge in [0, 0.05) is 11.8 Å². The van der Waals surface area contributed by atoms with Gasteiger partial charge in [0.2, 0.25) is 0 Å². The molecule has 1 aromatic carbocycles. The lowest BCUT2D eigenvalue weighted by Crippen LogP contribution is -2.35. The van der Waals surface area contributed by atoms with Crippen LogP contribution in [0.1, 0.15) is 31.1 Å². The highest BCUT2D eigenvalue weighted by Crippen LogP contribution is 2.43. The zero-order chi connectivity index (χ0) is 11.1. The lowest BCUT2D eigenvalue weighted by atomic mass is 10.0. The first-order valence-corrected chi connectivity index (χ1v) is 6.10. The lowest BCUT2D eigenvalue weighted by molar-refractivity contribution is -0.251. The van der Waals surface area contributed by atoms with Crippen LogP contribution in [0.15, 0.2) is 24.3 Å². The highest BCUT2D eigenvalue weighted by molar-refractivity contribution is 5.35. The van der Waals surface area contributed by atoms with Crippen molar-refractivity contribution in [2.45, 2.75) is 32.7 Å². The number of benzene rings is 1. The Balaban J connectivity index is 1.87. The Bertz CT molecular complexity index is 386. The molecule has 0 spiro atoms. The number of hydrogen-bond acceptors (Lipinski definition) is 2. The monoisotopic (exact) mass is 218 g/mol. The van der Waals surface area contributed by atoms with Gasteiger partial charge < -0.3 is 9.47 Å². The van der Waals surface area contributed by atoms with Crippen molar-refractivity contribution in [3.63, 3.8) is 0 Å². The SMILES string of the molecule is CC(C)[C@@H]1OC[C@@H]2Cc3ccccc3[C@@H]2O1. The molecule has 16 heavy (non-hydrogen) atoms. The van der Waals surface area contributed by atoms with Gasteiger partial charge in [0.25, 0.3) is 0 Å². The summed E-state index contributed by atoms with van der Waals surface area (Å²) >= 11 is 0. The molecule has 0 N–H and O–H groups in total. The Hall–Kier alpha value is -0.860. The van der Waals surface area contributed by atoms with Crippen LogP contribution in [0, 0.1) is 11.8 Å². The highest BCUT2D eigenvalue weighted by atomic mass is 16.7. The van der Waals surface area contributed by atoms with E-state index in [0.29, 0.717) is 11.8 Å². The maximum absolute atomic E-state index is 6.08. The molecule has 0 aromatic heterocycles. The van der Waals surface area contributed by atoms with Gasteiger partial charge in [-0.15, -0.1) is 0 Å². The van der Waals surface area contributed by atoms with E-state index in [0.717, 1.165) is 13.0 Å². The standard InChI is InChI=1S/C14H18O2/c1-9(2)14-15-8-11-7-10-5-3-4-6-12(10)13(11)16-14/h3-6,9,11,13-14H,7-8H2,1-2H3/t11-,13+,14+/m0/s1. The van der Waals surface area contributed by atoms with Crippen LogP contribution in [-0.2, 0) is 15.9 Å². The normalized spacial score (nSPS) is 32.6. The molecule has 1 aliphatic carbocycles. The van der Waals surface area contributed by atoms with Crippen molar-refractivity contribution in [2.24, 2.45) is 11.8 Å². The van der Waals surface area contributed by atoms with Crippen LogP contribution in [-0.4, -0.2) is 12.9 Å². The van der Waals surface area contributed by atoms with E-state index in [1.54, 1.807) is 0 Å². The van der Waals surface area contributed by atoms with E-state index in [1.807, 2.05) is 0 Å². The fourth-order valence-electron chi connectivity index (χ4n) is 2.72. The van der Waals surface area contributed by atoms with Crippen molar-refractivity contribution in [1.29, 1.82) is 0 Å². The molecule has 86 valence electrons. The summed E-state index contributed by atoms with van der Waals surface area (Å²) in [6, 6.07) is 8.62. The summed E-state index contributed by atoms with van der Waals surface area (Å²) < 4.78 is 11.8. The van der Waals surface area contributed by atoms with Crippen LogP contribution >= 0.6 is 0 Å². The first-order valence-electron chi connectivity index (χ1n) is 6.10. The topological polar surface area (TPSA) is 18.5 Å². The van der Waals surface area contributed by atoms with Crippen molar-refractivity contribution >= 4 is 0 Å². The zero-order valence-corrected chi connectivity index (χ0v) is 9.85. The van der Waals surface area contributed by atoms with Crippen molar-refractivity contribution in [2.75, 3.05) is 6.61 Å². The second kappa shape index (κ2) is 3.86. The zero-order valence-electron chi connectivity index (χ0n) is 9.85. The third-order valence-corrected chi connectivity index (χ3v) is 3.57. The average Bonchev–Trinajstić information content (AvgIpc) is 2.66. The molecule has 1 fully saturated rings. The quantitative estimate of drug-likeness (QED) is 0.721. The predicted octanol–water partition coefficient (Wildman–Crippen LogP) is 2.93. The molecule has 3 atom stereocenters. The van der Waals surface area contributed by atoms with E-state index in [-0.39, 0.29) is 12.4 Å². The Morgan fingerprint density at radius 3 is 2.88 bits per heavy atom. The second-order valence-corrected chi connectivity index (χ2v) is 5.17. The van der Waals surface area contributed by atoms with E-state index in [4.69, 9.17) is 9.47 Å². The van der Waals surface area contributed by atoms with Crippen LogP contribution in [0.2, 0.25) is 0 Å². The van der Waals surface area contributed by atoms with E-state index < -0.39 is 0 Å². The van der Waals surface area contributed by atoms with Gasteiger partial charge in [-0.3, -0.25) is 0 Å². The van der Waals surface area contributed by atoms with Crippen molar-refractivity contribution in [1.82, 2.24) is 0 Å². The molecule has 0 radical (unpaired) electrons. The molecule has 3 rings (SSSR count). The maximum atomic E-state index is 6.08. The number of ether oxygens (including phenoxy) is 2. The van der Waals surface area contributed by atoms with Gasteiger partial charge in [0.15, 0.2) is 6.29 Å². The molecule has 0 unspecified atom stereocenters. The molecule has 2 heteroatoms. The molecule has 1 saturated heterocycles.